The van der Waals surface area contributed by atoms with Gasteiger partial charge in [0.1, 0.15) is 0 Å². The summed E-state index contributed by atoms with van der Waals surface area (Å²) in [6.07, 6.45) is 1.96. The molecule has 3 aromatic rings. The molecule has 0 unspecified atom stereocenters. The second kappa shape index (κ2) is 9.52. The topological polar surface area (TPSA) is 17.1 Å². The van der Waals surface area contributed by atoms with E-state index in [2.05, 4.69) is 61.1 Å². The maximum Gasteiger partial charge on any atom is 0.199 e. The van der Waals surface area contributed by atoms with E-state index in [1.165, 1.54) is 15.3 Å². The van der Waals surface area contributed by atoms with Crippen molar-refractivity contribution >= 4 is 84.7 Å². The van der Waals surface area contributed by atoms with Crippen LogP contribution in [-0.4, -0.2) is 5.78 Å². The maximum absolute atomic E-state index is 13.1. The predicted molar refractivity (Wildman–Crippen MR) is 131 cm³/mol. The molecule has 0 spiro atoms. The lowest BCUT2D eigenvalue weighted by atomic mass is 10.1. The van der Waals surface area contributed by atoms with Gasteiger partial charge in [-0.05, 0) is 117 Å². The molecule has 0 saturated carbocycles. The standard InChI is InChI=1S/C21H13BrI2OS/c22-16-5-11-19(12-6-16)26-20(13-14-1-7-17(23)8-2-14)21(25)15-3-9-18(24)10-4-15/h1-13H/b20-13-. The molecule has 3 rings (SSSR count). The Labute approximate surface area is 193 Å². The van der Waals surface area contributed by atoms with Crippen molar-refractivity contribution < 1.29 is 4.79 Å². The molecular weight excluding hydrogens is 634 g/mol. The van der Waals surface area contributed by atoms with Crippen molar-refractivity contribution in [2.45, 2.75) is 4.90 Å². The molecule has 0 N–H and O–H groups in total. The van der Waals surface area contributed by atoms with E-state index in [0.717, 1.165) is 18.5 Å². The summed E-state index contributed by atoms with van der Waals surface area (Å²) >= 11 is 9.47. The largest absolute Gasteiger partial charge is 0.288 e. The molecule has 0 atom stereocenters. The van der Waals surface area contributed by atoms with Gasteiger partial charge in [-0.15, -0.1) is 0 Å². The number of ketones is 1. The van der Waals surface area contributed by atoms with Crippen LogP contribution in [0.1, 0.15) is 15.9 Å². The van der Waals surface area contributed by atoms with Crippen LogP contribution >= 0.6 is 72.9 Å². The summed E-state index contributed by atoms with van der Waals surface area (Å²) < 4.78 is 3.31. The Kier molecular flexibility index (Phi) is 7.36. The Morgan fingerprint density at radius 1 is 0.808 bits per heavy atom. The van der Waals surface area contributed by atoms with Gasteiger partial charge in [-0.25, -0.2) is 0 Å². The van der Waals surface area contributed by atoms with E-state index in [1.807, 2.05) is 78.9 Å². The zero-order valence-electron chi connectivity index (χ0n) is 13.5. The molecule has 0 radical (unpaired) electrons. The Bertz CT molecular complexity index is 933. The molecule has 0 aliphatic carbocycles. The number of rotatable bonds is 5. The number of thioether (sulfide) groups is 1. The van der Waals surface area contributed by atoms with E-state index in [0.29, 0.717) is 10.5 Å². The summed E-state index contributed by atoms with van der Waals surface area (Å²) in [6, 6.07) is 23.8. The Morgan fingerprint density at radius 2 is 1.35 bits per heavy atom. The number of carbonyl (C=O) groups excluding carboxylic acids is 1. The number of carbonyl (C=O) groups is 1. The maximum atomic E-state index is 13.1. The molecule has 3 aromatic carbocycles. The summed E-state index contributed by atoms with van der Waals surface area (Å²) in [5.41, 5.74) is 1.72. The van der Waals surface area contributed by atoms with E-state index >= 15 is 0 Å². The highest BCUT2D eigenvalue weighted by Crippen LogP contribution is 2.32. The van der Waals surface area contributed by atoms with E-state index in [4.69, 9.17) is 0 Å². The fourth-order valence-electron chi connectivity index (χ4n) is 2.22. The number of benzene rings is 3. The van der Waals surface area contributed by atoms with E-state index < -0.39 is 0 Å². The molecule has 5 heteroatoms. The molecule has 0 fully saturated rings. The third-order valence-corrected chi connectivity index (χ3v) is 6.54. The quantitative estimate of drug-likeness (QED) is 0.123. The SMILES string of the molecule is O=C(/C(=C/c1ccc(I)cc1)Sc1ccc(Br)cc1)c1ccc(I)cc1. The molecule has 0 aliphatic heterocycles. The molecule has 0 heterocycles. The van der Waals surface area contributed by atoms with Gasteiger partial charge in [0.2, 0.25) is 0 Å². The van der Waals surface area contributed by atoms with E-state index in [1.54, 1.807) is 0 Å². The molecule has 0 aromatic heterocycles. The monoisotopic (exact) mass is 646 g/mol. The smallest absolute Gasteiger partial charge is 0.199 e. The van der Waals surface area contributed by atoms with Gasteiger partial charge < -0.3 is 0 Å². The van der Waals surface area contributed by atoms with Gasteiger partial charge in [-0.1, -0.05) is 39.8 Å². The Balaban J connectivity index is 1.97. The molecule has 0 bridgehead atoms. The van der Waals surface area contributed by atoms with Crippen LogP contribution in [0.2, 0.25) is 0 Å². The fourth-order valence-corrected chi connectivity index (χ4v) is 4.14. The molecule has 26 heavy (non-hydrogen) atoms. The highest BCUT2D eigenvalue weighted by atomic mass is 127. The minimum Gasteiger partial charge on any atom is -0.288 e. The van der Waals surface area contributed by atoms with Gasteiger partial charge in [0.25, 0.3) is 0 Å². The predicted octanol–water partition coefficient (Wildman–Crippen LogP) is 7.67. The second-order valence-corrected chi connectivity index (χ2v) is 9.97. The molecular formula is C21H13BrI2OS. The van der Waals surface area contributed by atoms with Crippen LogP contribution in [0, 0.1) is 7.14 Å². The zero-order valence-corrected chi connectivity index (χ0v) is 20.2. The first kappa shape index (κ1) is 20.1. The summed E-state index contributed by atoms with van der Waals surface area (Å²) in [4.78, 5) is 14.8. The first-order chi connectivity index (χ1) is 12.5. The fraction of sp³-hybridized carbons (Fsp3) is 0. The van der Waals surface area contributed by atoms with Gasteiger partial charge in [0, 0.05) is 22.1 Å². The van der Waals surface area contributed by atoms with E-state index in [-0.39, 0.29) is 5.78 Å². The summed E-state index contributed by atoms with van der Waals surface area (Å²) in [5.74, 6) is 0.0351. The molecule has 130 valence electrons. The van der Waals surface area contributed by atoms with Crippen LogP contribution in [0.4, 0.5) is 0 Å². The van der Waals surface area contributed by atoms with Gasteiger partial charge in [-0.2, -0.15) is 0 Å². The van der Waals surface area contributed by atoms with Gasteiger partial charge in [0.05, 0.1) is 4.91 Å². The van der Waals surface area contributed by atoms with Crippen LogP contribution in [0.25, 0.3) is 6.08 Å². The average Bonchev–Trinajstić information content (AvgIpc) is 2.65. The van der Waals surface area contributed by atoms with Crippen LogP contribution < -0.4 is 0 Å². The van der Waals surface area contributed by atoms with Crippen LogP contribution in [0.3, 0.4) is 0 Å². The lowest BCUT2D eigenvalue weighted by Gasteiger charge is -2.08. The number of hydrogen-bond donors (Lipinski definition) is 0. The molecule has 0 aliphatic rings. The van der Waals surface area contributed by atoms with Crippen molar-refractivity contribution in [2.75, 3.05) is 0 Å². The Morgan fingerprint density at radius 3 is 1.92 bits per heavy atom. The highest BCUT2D eigenvalue weighted by Gasteiger charge is 2.14. The number of Topliss-reactive ketones (excluding diaryl/α,β-unsaturated/α-hetero) is 1. The van der Waals surface area contributed by atoms with Crippen molar-refractivity contribution in [3.8, 4) is 0 Å². The van der Waals surface area contributed by atoms with Crippen molar-refractivity contribution in [3.63, 3.8) is 0 Å². The lowest BCUT2D eigenvalue weighted by Crippen LogP contribution is -2.01. The van der Waals surface area contributed by atoms with Crippen LogP contribution in [0.5, 0.6) is 0 Å². The van der Waals surface area contributed by atoms with Gasteiger partial charge in [-0.3, -0.25) is 4.79 Å². The van der Waals surface area contributed by atoms with Gasteiger partial charge in [0.15, 0.2) is 5.78 Å². The minimum atomic E-state index is 0.0351. The lowest BCUT2D eigenvalue weighted by molar-refractivity contribution is 0.104. The third-order valence-electron chi connectivity index (χ3n) is 3.54. The summed E-state index contributed by atoms with van der Waals surface area (Å²) in [7, 11) is 0. The van der Waals surface area contributed by atoms with Crippen LogP contribution in [0.15, 0.2) is 87.1 Å². The van der Waals surface area contributed by atoms with Crippen LogP contribution in [-0.2, 0) is 0 Å². The normalized spacial score (nSPS) is 11.4. The molecule has 0 saturated heterocycles. The summed E-state index contributed by atoms with van der Waals surface area (Å²) in [6.45, 7) is 0. The van der Waals surface area contributed by atoms with Crippen molar-refractivity contribution in [3.05, 3.63) is 100 Å². The number of halogens is 3. The van der Waals surface area contributed by atoms with Gasteiger partial charge >= 0.3 is 0 Å². The highest BCUT2D eigenvalue weighted by molar-refractivity contribution is 14.1. The molecule has 0 amide bonds. The van der Waals surface area contributed by atoms with E-state index in [9.17, 15) is 4.79 Å². The zero-order chi connectivity index (χ0) is 18.5. The van der Waals surface area contributed by atoms with Crippen molar-refractivity contribution in [1.29, 1.82) is 0 Å². The second-order valence-electron chi connectivity index (χ2n) is 5.45. The van der Waals surface area contributed by atoms with Crippen molar-refractivity contribution in [1.82, 2.24) is 0 Å². The van der Waals surface area contributed by atoms with Crippen molar-refractivity contribution in [2.24, 2.45) is 0 Å². The number of allylic oxidation sites excluding steroid dienone is 1. The summed E-state index contributed by atoms with van der Waals surface area (Å²) in [5, 5.41) is 0. The average molecular weight is 647 g/mol. The minimum absolute atomic E-state index is 0.0351. The molecule has 1 nitrogen and oxygen atoms in total. The first-order valence-corrected chi connectivity index (χ1v) is 11.5. The Hall–Kier alpha value is -0.640. The third kappa shape index (κ3) is 5.68. The number of hydrogen-bond acceptors (Lipinski definition) is 2. The first-order valence-electron chi connectivity index (χ1n) is 7.72.